The summed E-state index contributed by atoms with van der Waals surface area (Å²) in [5.74, 6) is -0.533. The number of nitrogens with one attached hydrogen (secondary N) is 2. The Morgan fingerprint density at radius 2 is 2.09 bits per heavy atom. The number of rotatable bonds is 3. The standard InChI is InChI=1S/C16H14N4O2/c1-20-10-13(15(21)12-6-2-3-7-14(12)20)16(22)19-18-9-11-5-4-8-17-11/h2-10,17H,1H3,(H,19,22). The van der Waals surface area contributed by atoms with Crippen molar-refractivity contribution in [3.63, 3.8) is 0 Å². The third kappa shape index (κ3) is 2.54. The van der Waals surface area contributed by atoms with E-state index in [2.05, 4.69) is 15.5 Å². The van der Waals surface area contributed by atoms with Gasteiger partial charge in [0.15, 0.2) is 0 Å². The second kappa shape index (κ2) is 5.69. The number of H-pyrrole nitrogens is 1. The van der Waals surface area contributed by atoms with Crippen molar-refractivity contribution >= 4 is 23.0 Å². The molecule has 1 amide bonds. The summed E-state index contributed by atoms with van der Waals surface area (Å²) in [6, 6.07) is 10.8. The molecule has 2 aromatic heterocycles. The first-order chi connectivity index (χ1) is 10.7. The molecule has 0 saturated carbocycles. The molecule has 22 heavy (non-hydrogen) atoms. The molecule has 0 aliphatic heterocycles. The van der Waals surface area contributed by atoms with Gasteiger partial charge in [-0.15, -0.1) is 0 Å². The zero-order valence-corrected chi connectivity index (χ0v) is 11.9. The molecule has 6 nitrogen and oxygen atoms in total. The van der Waals surface area contributed by atoms with Crippen molar-refractivity contribution in [3.05, 3.63) is 70.3 Å². The fourth-order valence-electron chi connectivity index (χ4n) is 2.25. The second-order valence-corrected chi connectivity index (χ2v) is 4.82. The highest BCUT2D eigenvalue weighted by Gasteiger charge is 2.13. The van der Waals surface area contributed by atoms with Crippen LogP contribution in [0.25, 0.3) is 10.9 Å². The Morgan fingerprint density at radius 3 is 2.86 bits per heavy atom. The minimum absolute atomic E-state index is 0.0600. The van der Waals surface area contributed by atoms with Gasteiger partial charge in [-0.1, -0.05) is 12.1 Å². The number of para-hydroxylation sites is 1. The summed E-state index contributed by atoms with van der Waals surface area (Å²) in [6.07, 6.45) is 4.75. The summed E-state index contributed by atoms with van der Waals surface area (Å²) in [6.45, 7) is 0. The van der Waals surface area contributed by atoms with Crippen LogP contribution in [0.15, 0.2) is 58.7 Å². The molecule has 0 atom stereocenters. The molecule has 2 heterocycles. The predicted octanol–water partition coefficient (Wildman–Crippen LogP) is 1.63. The third-order valence-corrected chi connectivity index (χ3v) is 3.33. The van der Waals surface area contributed by atoms with Crippen LogP contribution in [0.2, 0.25) is 0 Å². The Labute approximate surface area is 126 Å². The highest BCUT2D eigenvalue weighted by atomic mass is 16.2. The number of amides is 1. The third-order valence-electron chi connectivity index (χ3n) is 3.33. The number of aromatic amines is 1. The molecule has 2 N–H and O–H groups in total. The number of carbonyl (C=O) groups excluding carboxylic acids is 1. The monoisotopic (exact) mass is 294 g/mol. The highest BCUT2D eigenvalue weighted by Crippen LogP contribution is 2.10. The SMILES string of the molecule is Cn1cc(C(=O)NN=Cc2ccc[nH]2)c(=O)c2ccccc21. The lowest BCUT2D eigenvalue weighted by molar-refractivity contribution is 0.0953. The Morgan fingerprint density at radius 1 is 1.27 bits per heavy atom. The van der Waals surface area contributed by atoms with Gasteiger partial charge in [-0.3, -0.25) is 9.59 Å². The molecule has 110 valence electrons. The second-order valence-electron chi connectivity index (χ2n) is 4.82. The number of aryl methyl sites for hydroxylation is 1. The van der Waals surface area contributed by atoms with Gasteiger partial charge in [-0.05, 0) is 24.3 Å². The van der Waals surface area contributed by atoms with Gasteiger partial charge in [-0.2, -0.15) is 5.10 Å². The first kappa shape index (κ1) is 13.8. The van der Waals surface area contributed by atoms with E-state index in [1.165, 1.54) is 12.4 Å². The van der Waals surface area contributed by atoms with Gasteiger partial charge < -0.3 is 9.55 Å². The highest BCUT2D eigenvalue weighted by molar-refractivity contribution is 5.97. The molecule has 0 radical (unpaired) electrons. The Hall–Kier alpha value is -3.15. The predicted molar refractivity (Wildman–Crippen MR) is 85.0 cm³/mol. The van der Waals surface area contributed by atoms with Gasteiger partial charge in [0.1, 0.15) is 5.56 Å². The number of aromatic nitrogens is 2. The van der Waals surface area contributed by atoms with Crippen LogP contribution in [0.3, 0.4) is 0 Å². The maximum atomic E-state index is 12.4. The minimum atomic E-state index is -0.533. The van der Waals surface area contributed by atoms with Crippen LogP contribution in [-0.2, 0) is 7.05 Å². The van der Waals surface area contributed by atoms with E-state index in [-0.39, 0.29) is 11.0 Å². The lowest BCUT2D eigenvalue weighted by Gasteiger charge is -2.07. The van der Waals surface area contributed by atoms with Crippen molar-refractivity contribution in [3.8, 4) is 0 Å². The van der Waals surface area contributed by atoms with Crippen LogP contribution in [0, 0.1) is 0 Å². The molecule has 0 fully saturated rings. The van der Waals surface area contributed by atoms with E-state index in [1.807, 2.05) is 24.3 Å². The number of pyridine rings is 1. The number of fused-ring (bicyclic) bond motifs is 1. The van der Waals surface area contributed by atoms with E-state index in [4.69, 9.17) is 0 Å². The van der Waals surface area contributed by atoms with E-state index in [0.29, 0.717) is 5.39 Å². The molecular weight excluding hydrogens is 280 g/mol. The van der Waals surface area contributed by atoms with Crippen LogP contribution >= 0.6 is 0 Å². The largest absolute Gasteiger partial charge is 0.360 e. The van der Waals surface area contributed by atoms with Crippen LogP contribution < -0.4 is 10.9 Å². The fourth-order valence-corrected chi connectivity index (χ4v) is 2.25. The zero-order valence-electron chi connectivity index (χ0n) is 11.9. The number of nitrogens with zero attached hydrogens (tertiary/aromatic N) is 2. The Balaban J connectivity index is 1.91. The molecule has 0 spiro atoms. The average Bonchev–Trinajstić information content (AvgIpc) is 3.04. The molecule has 3 rings (SSSR count). The van der Waals surface area contributed by atoms with Crippen molar-refractivity contribution in [2.45, 2.75) is 0 Å². The van der Waals surface area contributed by atoms with Crippen molar-refractivity contribution in [2.75, 3.05) is 0 Å². The molecule has 0 aliphatic carbocycles. The van der Waals surface area contributed by atoms with Crippen LogP contribution in [-0.4, -0.2) is 21.7 Å². The number of benzene rings is 1. The van der Waals surface area contributed by atoms with Crippen molar-refractivity contribution in [1.82, 2.24) is 15.0 Å². The fraction of sp³-hybridized carbons (Fsp3) is 0.0625. The van der Waals surface area contributed by atoms with Crippen molar-refractivity contribution < 1.29 is 4.79 Å². The van der Waals surface area contributed by atoms with E-state index < -0.39 is 5.91 Å². The molecule has 1 aromatic carbocycles. The summed E-state index contributed by atoms with van der Waals surface area (Å²) in [5, 5.41) is 4.34. The molecule has 3 aromatic rings. The molecule has 0 saturated heterocycles. The molecular formula is C16H14N4O2. The van der Waals surface area contributed by atoms with Gasteiger partial charge in [-0.25, -0.2) is 5.43 Å². The number of hydrogen-bond donors (Lipinski definition) is 2. The van der Waals surface area contributed by atoms with Crippen LogP contribution in [0.1, 0.15) is 16.1 Å². The summed E-state index contributed by atoms with van der Waals surface area (Å²) < 4.78 is 1.75. The van der Waals surface area contributed by atoms with Gasteiger partial charge in [0.05, 0.1) is 17.4 Å². The summed E-state index contributed by atoms with van der Waals surface area (Å²) in [4.78, 5) is 27.5. The minimum Gasteiger partial charge on any atom is -0.360 e. The van der Waals surface area contributed by atoms with Crippen molar-refractivity contribution in [1.29, 1.82) is 0 Å². The summed E-state index contributed by atoms with van der Waals surface area (Å²) in [7, 11) is 1.79. The molecule has 0 unspecified atom stereocenters. The van der Waals surface area contributed by atoms with Gasteiger partial charge in [0.25, 0.3) is 5.91 Å². The number of hydrazone groups is 1. The molecule has 6 heteroatoms. The first-order valence-corrected chi connectivity index (χ1v) is 6.72. The summed E-state index contributed by atoms with van der Waals surface area (Å²) in [5.41, 5.74) is 3.66. The normalized spacial score (nSPS) is 11.1. The van der Waals surface area contributed by atoms with Gasteiger partial charge in [0, 0.05) is 24.8 Å². The summed E-state index contributed by atoms with van der Waals surface area (Å²) >= 11 is 0. The maximum absolute atomic E-state index is 12.4. The number of carbonyl (C=O) groups is 1. The molecule has 0 aliphatic rings. The smallest absolute Gasteiger partial charge is 0.276 e. The lowest BCUT2D eigenvalue weighted by atomic mass is 10.1. The zero-order chi connectivity index (χ0) is 15.5. The van der Waals surface area contributed by atoms with Gasteiger partial charge in [0.2, 0.25) is 5.43 Å². The van der Waals surface area contributed by atoms with E-state index >= 15 is 0 Å². The van der Waals surface area contributed by atoms with E-state index in [9.17, 15) is 9.59 Å². The topological polar surface area (TPSA) is 79.2 Å². The maximum Gasteiger partial charge on any atom is 0.276 e. The quantitative estimate of drug-likeness (QED) is 0.569. The van der Waals surface area contributed by atoms with Crippen LogP contribution in [0.4, 0.5) is 0 Å². The number of hydrogen-bond acceptors (Lipinski definition) is 3. The van der Waals surface area contributed by atoms with Crippen LogP contribution in [0.5, 0.6) is 0 Å². The van der Waals surface area contributed by atoms with Crippen molar-refractivity contribution in [2.24, 2.45) is 12.1 Å². The Bertz CT molecular complexity index is 908. The lowest BCUT2D eigenvalue weighted by Crippen LogP contribution is -2.26. The first-order valence-electron chi connectivity index (χ1n) is 6.72. The molecule has 0 bridgehead atoms. The van der Waals surface area contributed by atoms with E-state index in [0.717, 1.165) is 11.2 Å². The van der Waals surface area contributed by atoms with Gasteiger partial charge >= 0.3 is 0 Å². The Kier molecular flexibility index (Phi) is 3.57. The average molecular weight is 294 g/mol. The van der Waals surface area contributed by atoms with E-state index in [1.54, 1.807) is 29.9 Å².